The molecule has 2 atom stereocenters. The van der Waals surface area contributed by atoms with E-state index in [-0.39, 0.29) is 12.2 Å². The van der Waals surface area contributed by atoms with Crippen molar-refractivity contribution in [3.05, 3.63) is 71.3 Å². The van der Waals surface area contributed by atoms with E-state index < -0.39 is 0 Å². The van der Waals surface area contributed by atoms with Crippen LogP contribution < -0.4 is 0 Å². The zero-order valence-electron chi connectivity index (χ0n) is 13.1. The molecule has 0 aliphatic carbocycles. The second-order valence-corrected chi connectivity index (χ2v) is 6.16. The summed E-state index contributed by atoms with van der Waals surface area (Å²) in [6.07, 6.45) is 10.1. The normalized spacial score (nSPS) is 15.0. The maximum Gasteiger partial charge on any atom is 0.0808 e. The van der Waals surface area contributed by atoms with Crippen LogP contribution in [-0.2, 0) is 11.3 Å². The molecule has 0 heterocycles. The first-order valence-corrected chi connectivity index (χ1v) is 8.39. The molecule has 0 aliphatic heterocycles. The summed E-state index contributed by atoms with van der Waals surface area (Å²) in [6.45, 7) is 6.17. The molecule has 1 aromatic carbocycles. The average molecular weight is 365 g/mol. The standard InChI is InChI=1S/C19H25BrO2/c1-3-9-19(22-15-17-11-5-4-6-12-17)14-18(20)13-8-7-10-16(2)21/h3-6,8,11-14,16,19,21H,1,7,9-10,15H2,2H3/b13-8+,18-14-/t16?,19-/m0/s1. The predicted octanol–water partition coefficient (Wildman–Crippen LogP) is 5.14. The van der Waals surface area contributed by atoms with E-state index in [2.05, 4.69) is 40.7 Å². The van der Waals surface area contributed by atoms with Crippen LogP contribution in [0.15, 0.2) is 65.7 Å². The predicted molar refractivity (Wildman–Crippen MR) is 96.9 cm³/mol. The Labute approximate surface area is 142 Å². The van der Waals surface area contributed by atoms with Gasteiger partial charge in [0, 0.05) is 4.48 Å². The van der Waals surface area contributed by atoms with Crippen molar-refractivity contribution in [2.24, 2.45) is 0 Å². The van der Waals surface area contributed by atoms with E-state index in [4.69, 9.17) is 4.74 Å². The molecule has 0 spiro atoms. The van der Waals surface area contributed by atoms with E-state index >= 15 is 0 Å². The van der Waals surface area contributed by atoms with E-state index in [0.717, 1.165) is 29.3 Å². The van der Waals surface area contributed by atoms with Crippen molar-refractivity contribution in [2.45, 2.75) is 45.0 Å². The number of rotatable bonds is 10. The maximum atomic E-state index is 9.22. The average Bonchev–Trinajstić information content (AvgIpc) is 2.50. The number of ether oxygens (including phenoxy) is 1. The minimum Gasteiger partial charge on any atom is -0.393 e. The van der Waals surface area contributed by atoms with Crippen LogP contribution in [0.3, 0.4) is 0 Å². The van der Waals surface area contributed by atoms with Gasteiger partial charge in [-0.1, -0.05) is 64.5 Å². The van der Waals surface area contributed by atoms with E-state index in [0.29, 0.717) is 6.61 Å². The molecule has 0 radical (unpaired) electrons. The molecule has 0 aliphatic rings. The van der Waals surface area contributed by atoms with Gasteiger partial charge in [-0.05, 0) is 37.8 Å². The van der Waals surface area contributed by atoms with E-state index in [1.165, 1.54) is 0 Å². The van der Waals surface area contributed by atoms with Gasteiger partial charge in [0.1, 0.15) is 0 Å². The second-order valence-electron chi connectivity index (χ2n) is 5.24. The van der Waals surface area contributed by atoms with Crippen LogP contribution in [0.5, 0.6) is 0 Å². The fraction of sp³-hybridized carbons (Fsp3) is 0.368. The lowest BCUT2D eigenvalue weighted by Gasteiger charge is -2.13. The van der Waals surface area contributed by atoms with Gasteiger partial charge in [-0.15, -0.1) is 6.58 Å². The molecule has 2 nitrogen and oxygen atoms in total. The van der Waals surface area contributed by atoms with Crippen LogP contribution in [0.4, 0.5) is 0 Å². The van der Waals surface area contributed by atoms with Gasteiger partial charge in [-0.3, -0.25) is 0 Å². The summed E-state index contributed by atoms with van der Waals surface area (Å²) >= 11 is 3.54. The van der Waals surface area contributed by atoms with Crippen molar-refractivity contribution in [1.82, 2.24) is 0 Å². The molecule has 120 valence electrons. The molecule has 1 N–H and O–H groups in total. The monoisotopic (exact) mass is 364 g/mol. The zero-order valence-corrected chi connectivity index (χ0v) is 14.7. The molecule has 0 bridgehead atoms. The number of aliphatic hydroxyl groups excluding tert-OH is 1. The quantitative estimate of drug-likeness (QED) is 0.459. The first kappa shape index (κ1) is 18.9. The van der Waals surface area contributed by atoms with E-state index in [1.54, 1.807) is 6.92 Å². The lowest BCUT2D eigenvalue weighted by atomic mass is 10.2. The lowest BCUT2D eigenvalue weighted by Crippen LogP contribution is -2.09. The summed E-state index contributed by atoms with van der Waals surface area (Å²) in [5.41, 5.74) is 1.16. The van der Waals surface area contributed by atoms with Gasteiger partial charge in [0.05, 0.1) is 18.8 Å². The summed E-state index contributed by atoms with van der Waals surface area (Å²) in [4.78, 5) is 0. The molecule has 1 rings (SSSR count). The third kappa shape index (κ3) is 8.98. The number of hydrogen-bond donors (Lipinski definition) is 1. The minimum atomic E-state index is -0.255. The SMILES string of the molecule is C=CC[C@@H](/C=C(Br)/C=C/CCC(C)O)OCc1ccccc1. The molecule has 0 saturated heterocycles. The molecule has 1 aromatic rings. The van der Waals surface area contributed by atoms with Gasteiger partial charge < -0.3 is 9.84 Å². The largest absolute Gasteiger partial charge is 0.393 e. The van der Waals surface area contributed by atoms with Gasteiger partial charge >= 0.3 is 0 Å². The molecule has 0 aromatic heterocycles. The number of halogens is 1. The highest BCUT2D eigenvalue weighted by Crippen LogP contribution is 2.15. The Balaban J connectivity index is 2.50. The maximum absolute atomic E-state index is 9.22. The fourth-order valence-electron chi connectivity index (χ4n) is 1.89. The second kappa shape index (κ2) is 11.4. The van der Waals surface area contributed by atoms with Crippen LogP contribution in [0, 0.1) is 0 Å². The first-order chi connectivity index (χ1) is 10.6. The van der Waals surface area contributed by atoms with Gasteiger partial charge in [0.15, 0.2) is 0 Å². The Hall–Kier alpha value is -1.16. The van der Waals surface area contributed by atoms with Gasteiger partial charge in [-0.25, -0.2) is 0 Å². The summed E-state index contributed by atoms with van der Waals surface area (Å²) in [5.74, 6) is 0. The van der Waals surface area contributed by atoms with Crippen LogP contribution in [-0.4, -0.2) is 17.3 Å². The Morgan fingerprint density at radius 2 is 2.09 bits per heavy atom. The summed E-state index contributed by atoms with van der Waals surface area (Å²) in [5, 5.41) is 9.22. The highest BCUT2D eigenvalue weighted by molar-refractivity contribution is 9.11. The fourth-order valence-corrected chi connectivity index (χ4v) is 2.37. The molecule has 1 unspecified atom stereocenters. The van der Waals surface area contributed by atoms with Crippen LogP contribution >= 0.6 is 15.9 Å². The summed E-state index contributed by atoms with van der Waals surface area (Å²) < 4.78 is 6.92. The summed E-state index contributed by atoms with van der Waals surface area (Å²) in [7, 11) is 0. The third-order valence-electron chi connectivity index (χ3n) is 3.08. The topological polar surface area (TPSA) is 29.5 Å². The van der Waals surface area contributed by atoms with Crippen molar-refractivity contribution in [1.29, 1.82) is 0 Å². The highest BCUT2D eigenvalue weighted by Gasteiger charge is 2.05. The van der Waals surface area contributed by atoms with Gasteiger partial charge in [-0.2, -0.15) is 0 Å². The van der Waals surface area contributed by atoms with Crippen molar-refractivity contribution >= 4 is 15.9 Å². The first-order valence-electron chi connectivity index (χ1n) is 7.60. The van der Waals surface area contributed by atoms with Crippen molar-refractivity contribution in [2.75, 3.05) is 0 Å². The van der Waals surface area contributed by atoms with Crippen molar-refractivity contribution in [3.63, 3.8) is 0 Å². The van der Waals surface area contributed by atoms with E-state index in [9.17, 15) is 5.11 Å². The number of hydrogen-bond acceptors (Lipinski definition) is 2. The Kier molecular flexibility index (Phi) is 9.80. The lowest BCUT2D eigenvalue weighted by molar-refractivity contribution is 0.0739. The highest BCUT2D eigenvalue weighted by atomic mass is 79.9. The van der Waals surface area contributed by atoms with Crippen molar-refractivity contribution < 1.29 is 9.84 Å². The van der Waals surface area contributed by atoms with Crippen LogP contribution in [0.1, 0.15) is 31.7 Å². The summed E-state index contributed by atoms with van der Waals surface area (Å²) in [6, 6.07) is 10.1. The Morgan fingerprint density at radius 1 is 1.36 bits per heavy atom. The Morgan fingerprint density at radius 3 is 2.73 bits per heavy atom. The van der Waals surface area contributed by atoms with Gasteiger partial charge in [0.2, 0.25) is 0 Å². The number of allylic oxidation sites excluding steroid dienone is 3. The molecule has 0 fully saturated rings. The molecule has 22 heavy (non-hydrogen) atoms. The molecular weight excluding hydrogens is 340 g/mol. The molecular formula is C19H25BrO2. The number of benzene rings is 1. The van der Waals surface area contributed by atoms with Crippen LogP contribution in [0.25, 0.3) is 0 Å². The molecule has 0 saturated carbocycles. The zero-order chi connectivity index (χ0) is 16.2. The number of aliphatic hydroxyl groups is 1. The molecule has 3 heteroatoms. The van der Waals surface area contributed by atoms with E-state index in [1.807, 2.05) is 36.4 Å². The smallest absolute Gasteiger partial charge is 0.0808 e. The van der Waals surface area contributed by atoms with Crippen molar-refractivity contribution in [3.8, 4) is 0 Å². The Bertz CT molecular complexity index is 477. The van der Waals surface area contributed by atoms with Gasteiger partial charge in [0.25, 0.3) is 0 Å². The third-order valence-corrected chi connectivity index (χ3v) is 3.61. The minimum absolute atomic E-state index is 0.00602. The molecule has 0 amide bonds. The van der Waals surface area contributed by atoms with Crippen LogP contribution in [0.2, 0.25) is 0 Å².